The third-order valence-electron chi connectivity index (χ3n) is 5.04. The van der Waals surface area contributed by atoms with Gasteiger partial charge in [-0.2, -0.15) is 0 Å². The van der Waals surface area contributed by atoms with Crippen molar-refractivity contribution in [3.63, 3.8) is 0 Å². The topological polar surface area (TPSA) is 58.6 Å². The predicted molar refractivity (Wildman–Crippen MR) is 124 cm³/mol. The van der Waals surface area contributed by atoms with Crippen LogP contribution in [0.25, 0.3) is 5.57 Å². The van der Waals surface area contributed by atoms with Crippen LogP contribution in [0.3, 0.4) is 0 Å². The van der Waals surface area contributed by atoms with Crippen LogP contribution in [0.1, 0.15) is 11.1 Å². The van der Waals surface area contributed by atoms with E-state index < -0.39 is 11.8 Å². The van der Waals surface area contributed by atoms with Crippen LogP contribution >= 0.6 is 23.2 Å². The normalized spacial score (nSPS) is 13.7. The molecule has 1 N–H and O–H groups in total. The summed E-state index contributed by atoms with van der Waals surface area (Å²) in [5, 5.41) is 4.12. The van der Waals surface area contributed by atoms with Crippen LogP contribution in [0, 0.1) is 6.92 Å². The number of rotatable bonds is 5. The van der Waals surface area contributed by atoms with Crippen molar-refractivity contribution in [3.05, 3.63) is 93.6 Å². The molecule has 0 atom stereocenters. The second-order valence-electron chi connectivity index (χ2n) is 6.94. The van der Waals surface area contributed by atoms with Gasteiger partial charge in [-0.05, 0) is 54.4 Å². The van der Waals surface area contributed by atoms with Crippen molar-refractivity contribution < 1.29 is 14.3 Å². The maximum absolute atomic E-state index is 13.5. The second-order valence-corrected chi connectivity index (χ2v) is 7.79. The number of methoxy groups -OCH3 is 1. The van der Waals surface area contributed by atoms with Crippen molar-refractivity contribution in [2.75, 3.05) is 17.3 Å². The fourth-order valence-corrected chi connectivity index (χ4v) is 3.73. The average Bonchev–Trinajstić information content (AvgIpc) is 3.00. The van der Waals surface area contributed by atoms with E-state index in [-0.39, 0.29) is 11.3 Å². The average molecular weight is 453 g/mol. The van der Waals surface area contributed by atoms with Crippen LogP contribution in [0.2, 0.25) is 10.0 Å². The Bertz CT molecular complexity index is 1220. The van der Waals surface area contributed by atoms with E-state index in [1.165, 1.54) is 0 Å². The zero-order valence-corrected chi connectivity index (χ0v) is 18.3. The van der Waals surface area contributed by atoms with Gasteiger partial charge in [0.05, 0.1) is 18.4 Å². The van der Waals surface area contributed by atoms with Gasteiger partial charge in [0.1, 0.15) is 11.4 Å². The molecule has 0 saturated heterocycles. The zero-order chi connectivity index (χ0) is 22.1. The number of benzene rings is 3. The second kappa shape index (κ2) is 8.46. The highest BCUT2D eigenvalue weighted by Crippen LogP contribution is 2.37. The van der Waals surface area contributed by atoms with E-state index in [1.54, 1.807) is 80.8 Å². The molecule has 0 aromatic heterocycles. The monoisotopic (exact) mass is 452 g/mol. The van der Waals surface area contributed by atoms with Gasteiger partial charge < -0.3 is 10.1 Å². The molecule has 31 heavy (non-hydrogen) atoms. The molecule has 4 rings (SSSR count). The number of carbonyl (C=O) groups is 2. The van der Waals surface area contributed by atoms with Crippen molar-refractivity contribution in [2.24, 2.45) is 0 Å². The third-order valence-corrected chi connectivity index (χ3v) is 5.70. The molecule has 156 valence electrons. The summed E-state index contributed by atoms with van der Waals surface area (Å²) in [5.41, 5.74) is 2.70. The number of imide groups is 1. The van der Waals surface area contributed by atoms with Crippen LogP contribution in [0.5, 0.6) is 5.75 Å². The first-order chi connectivity index (χ1) is 14.9. The number of carbonyl (C=O) groups excluding carboxylic acids is 2. The third kappa shape index (κ3) is 3.90. The first-order valence-electron chi connectivity index (χ1n) is 9.46. The number of hydrogen-bond acceptors (Lipinski definition) is 4. The maximum atomic E-state index is 13.5. The summed E-state index contributed by atoms with van der Waals surface area (Å²) < 4.78 is 5.26. The van der Waals surface area contributed by atoms with Crippen LogP contribution in [0.4, 0.5) is 11.4 Å². The predicted octanol–water partition coefficient (Wildman–Crippen LogP) is 5.71. The van der Waals surface area contributed by atoms with Crippen LogP contribution in [-0.4, -0.2) is 18.9 Å². The zero-order valence-electron chi connectivity index (χ0n) is 16.8. The Kier molecular flexibility index (Phi) is 5.72. The van der Waals surface area contributed by atoms with Crippen LogP contribution < -0.4 is 15.0 Å². The molecule has 0 saturated carbocycles. The molecule has 2 amide bonds. The summed E-state index contributed by atoms with van der Waals surface area (Å²) in [6.45, 7) is 1.77. The Morgan fingerprint density at radius 1 is 0.903 bits per heavy atom. The van der Waals surface area contributed by atoms with Gasteiger partial charge in [0.2, 0.25) is 0 Å². The SMILES string of the molecule is COc1cccc(NC2=C(c3ccc(Cl)cc3)C(=O)N(c3cccc(Cl)c3C)C2=O)c1. The Morgan fingerprint density at radius 2 is 1.61 bits per heavy atom. The number of nitrogens with zero attached hydrogens (tertiary/aromatic N) is 1. The van der Waals surface area contributed by atoms with Gasteiger partial charge in [-0.3, -0.25) is 9.59 Å². The fourth-order valence-electron chi connectivity index (χ4n) is 3.43. The number of hydrogen-bond donors (Lipinski definition) is 1. The highest BCUT2D eigenvalue weighted by molar-refractivity contribution is 6.46. The fraction of sp³-hybridized carbons (Fsp3) is 0.0833. The van der Waals surface area contributed by atoms with Gasteiger partial charge in [0, 0.05) is 21.8 Å². The molecule has 0 fully saturated rings. The van der Waals surface area contributed by atoms with Gasteiger partial charge in [0.15, 0.2) is 0 Å². The minimum Gasteiger partial charge on any atom is -0.497 e. The van der Waals surface area contributed by atoms with E-state index in [9.17, 15) is 9.59 Å². The van der Waals surface area contributed by atoms with Crippen molar-refractivity contribution in [1.82, 2.24) is 0 Å². The Balaban J connectivity index is 1.84. The van der Waals surface area contributed by atoms with Gasteiger partial charge in [0.25, 0.3) is 11.8 Å². The molecule has 1 heterocycles. The van der Waals surface area contributed by atoms with E-state index >= 15 is 0 Å². The number of nitrogens with one attached hydrogen (secondary N) is 1. The maximum Gasteiger partial charge on any atom is 0.282 e. The summed E-state index contributed by atoms with van der Waals surface area (Å²) in [7, 11) is 1.56. The molecule has 0 bridgehead atoms. The molecule has 3 aromatic rings. The first kappa shape index (κ1) is 21.0. The quantitative estimate of drug-likeness (QED) is 0.503. The molecule has 5 nitrogen and oxygen atoms in total. The first-order valence-corrected chi connectivity index (χ1v) is 10.2. The van der Waals surface area contributed by atoms with Gasteiger partial charge in [-0.25, -0.2) is 4.90 Å². The molecular formula is C24H18Cl2N2O3. The lowest BCUT2D eigenvalue weighted by molar-refractivity contribution is -0.120. The molecular weight excluding hydrogens is 435 g/mol. The van der Waals surface area contributed by atoms with Crippen molar-refractivity contribution in [2.45, 2.75) is 6.92 Å². The smallest absolute Gasteiger partial charge is 0.282 e. The minimum atomic E-state index is -0.469. The van der Waals surface area contributed by atoms with E-state index in [0.29, 0.717) is 38.3 Å². The van der Waals surface area contributed by atoms with E-state index in [1.807, 2.05) is 0 Å². The molecule has 7 heteroatoms. The lowest BCUT2D eigenvalue weighted by Gasteiger charge is -2.18. The summed E-state index contributed by atoms with van der Waals surface area (Å²) in [6.07, 6.45) is 0. The molecule has 3 aromatic carbocycles. The van der Waals surface area contributed by atoms with Gasteiger partial charge >= 0.3 is 0 Å². The largest absolute Gasteiger partial charge is 0.497 e. The Hall–Kier alpha value is -3.28. The summed E-state index contributed by atoms with van der Waals surface area (Å²) in [4.78, 5) is 28.1. The van der Waals surface area contributed by atoms with E-state index in [4.69, 9.17) is 27.9 Å². The number of halogens is 2. The molecule has 0 radical (unpaired) electrons. The number of anilines is 2. The highest BCUT2D eigenvalue weighted by Gasteiger charge is 2.41. The van der Waals surface area contributed by atoms with Gasteiger partial charge in [-0.15, -0.1) is 0 Å². The number of amides is 2. The molecule has 0 spiro atoms. The minimum absolute atomic E-state index is 0.167. The van der Waals surface area contributed by atoms with Crippen LogP contribution in [0.15, 0.2) is 72.4 Å². The summed E-state index contributed by atoms with van der Waals surface area (Å²) in [5.74, 6) is -0.288. The highest BCUT2D eigenvalue weighted by atomic mass is 35.5. The number of ether oxygens (including phenoxy) is 1. The van der Waals surface area contributed by atoms with E-state index in [2.05, 4.69) is 5.32 Å². The summed E-state index contributed by atoms with van der Waals surface area (Å²) >= 11 is 12.3. The Morgan fingerprint density at radius 3 is 2.32 bits per heavy atom. The standard InChI is InChI=1S/C24H18Cl2N2O3/c1-14-19(26)7-4-8-20(14)28-23(29)21(15-9-11-16(25)12-10-15)22(24(28)30)27-17-5-3-6-18(13-17)31-2/h3-13,27H,1-2H3. The molecule has 1 aliphatic rings. The molecule has 0 aliphatic carbocycles. The molecule has 1 aliphatic heterocycles. The lowest BCUT2D eigenvalue weighted by atomic mass is 10.0. The Labute approximate surface area is 189 Å². The van der Waals surface area contributed by atoms with Crippen molar-refractivity contribution in [3.8, 4) is 5.75 Å². The van der Waals surface area contributed by atoms with Gasteiger partial charge in [-0.1, -0.05) is 47.5 Å². The summed E-state index contributed by atoms with van der Waals surface area (Å²) in [6, 6.07) is 19.0. The molecule has 0 unspecified atom stereocenters. The van der Waals surface area contributed by atoms with E-state index in [0.717, 1.165) is 4.90 Å². The lowest BCUT2D eigenvalue weighted by Crippen LogP contribution is -2.33. The van der Waals surface area contributed by atoms with Crippen molar-refractivity contribution in [1.29, 1.82) is 0 Å². The van der Waals surface area contributed by atoms with Crippen molar-refractivity contribution >= 4 is 52.0 Å². The van der Waals surface area contributed by atoms with Crippen LogP contribution in [-0.2, 0) is 9.59 Å².